The highest BCUT2D eigenvalue weighted by atomic mass is 19.4. The van der Waals surface area contributed by atoms with Gasteiger partial charge in [-0.15, -0.1) is 6.58 Å². The summed E-state index contributed by atoms with van der Waals surface area (Å²) in [6.45, 7) is 4.46. The van der Waals surface area contributed by atoms with Gasteiger partial charge in [0.05, 0.1) is 12.6 Å². The number of amides is 1. The molecule has 3 atom stereocenters. The molecule has 3 unspecified atom stereocenters. The highest BCUT2D eigenvalue weighted by Gasteiger charge is 2.73. The van der Waals surface area contributed by atoms with Crippen LogP contribution in [0.4, 0.5) is 31.1 Å². The molecule has 1 saturated heterocycles. The standard InChI is InChI=1S/C14H19F6NO3/c1-4-5-6-8(15)13(10(16)17,14(18,19)20)9-7-24-12(2,3)21(9)11(22)23/h4,8-10H,1,5-7H2,2-3H3,(H,22,23). The molecular formula is C14H19F6NO3. The van der Waals surface area contributed by atoms with E-state index in [2.05, 4.69) is 6.58 Å². The number of alkyl halides is 6. The van der Waals surface area contributed by atoms with E-state index in [9.17, 15) is 36.2 Å². The largest absolute Gasteiger partial charge is 0.465 e. The van der Waals surface area contributed by atoms with Crippen molar-refractivity contribution in [3.05, 3.63) is 12.7 Å². The van der Waals surface area contributed by atoms with Crippen molar-refractivity contribution < 1.29 is 41.0 Å². The van der Waals surface area contributed by atoms with Gasteiger partial charge in [0, 0.05) is 0 Å². The minimum absolute atomic E-state index is 0.118. The molecule has 0 radical (unpaired) electrons. The maximum absolute atomic E-state index is 14.5. The van der Waals surface area contributed by atoms with E-state index in [1.807, 2.05) is 0 Å². The lowest BCUT2D eigenvalue weighted by Gasteiger charge is -2.45. The number of hydrogen-bond donors (Lipinski definition) is 1. The Kier molecular flexibility index (Phi) is 5.85. The van der Waals surface area contributed by atoms with Crippen LogP contribution in [0.5, 0.6) is 0 Å². The molecule has 1 N–H and O–H groups in total. The van der Waals surface area contributed by atoms with Crippen molar-refractivity contribution >= 4 is 6.09 Å². The summed E-state index contributed by atoms with van der Waals surface area (Å²) >= 11 is 0. The number of carboxylic acid groups (broad SMARTS) is 1. The molecule has 1 aliphatic rings. The van der Waals surface area contributed by atoms with Crippen LogP contribution >= 0.6 is 0 Å². The molecule has 24 heavy (non-hydrogen) atoms. The second kappa shape index (κ2) is 6.81. The molecule has 0 aromatic heterocycles. The first-order valence-corrected chi connectivity index (χ1v) is 7.10. The van der Waals surface area contributed by atoms with E-state index in [1.165, 1.54) is 0 Å². The lowest BCUT2D eigenvalue weighted by atomic mass is 9.73. The number of hydrogen-bond acceptors (Lipinski definition) is 2. The third-order valence-corrected chi connectivity index (χ3v) is 4.24. The Morgan fingerprint density at radius 3 is 2.33 bits per heavy atom. The molecule has 4 nitrogen and oxygen atoms in total. The maximum atomic E-state index is 14.5. The fraction of sp³-hybridized carbons (Fsp3) is 0.786. The summed E-state index contributed by atoms with van der Waals surface area (Å²) in [6.07, 6.45) is -14.8. The molecule has 1 heterocycles. The van der Waals surface area contributed by atoms with Crippen molar-refractivity contribution in [2.45, 2.75) is 57.2 Å². The minimum Gasteiger partial charge on any atom is -0.465 e. The average Bonchev–Trinajstić information content (AvgIpc) is 2.70. The zero-order valence-electron chi connectivity index (χ0n) is 13.1. The summed E-state index contributed by atoms with van der Waals surface area (Å²) in [4.78, 5) is 11.5. The van der Waals surface area contributed by atoms with Gasteiger partial charge >= 0.3 is 12.3 Å². The fourth-order valence-corrected chi connectivity index (χ4v) is 3.00. The molecule has 1 aliphatic heterocycles. The molecule has 0 aromatic carbocycles. The molecular weight excluding hydrogens is 344 g/mol. The highest BCUT2D eigenvalue weighted by molar-refractivity contribution is 5.67. The van der Waals surface area contributed by atoms with Gasteiger partial charge < -0.3 is 9.84 Å². The van der Waals surface area contributed by atoms with Crippen LogP contribution in [-0.4, -0.2) is 53.2 Å². The van der Waals surface area contributed by atoms with Crippen LogP contribution in [0.1, 0.15) is 26.7 Å². The zero-order chi connectivity index (χ0) is 18.9. The highest BCUT2D eigenvalue weighted by Crippen LogP contribution is 2.55. The van der Waals surface area contributed by atoms with Gasteiger partial charge in [-0.3, -0.25) is 4.90 Å². The van der Waals surface area contributed by atoms with Crippen LogP contribution in [0, 0.1) is 5.41 Å². The number of carbonyl (C=O) groups is 1. The predicted molar refractivity (Wildman–Crippen MR) is 72.5 cm³/mol. The van der Waals surface area contributed by atoms with Gasteiger partial charge in [-0.1, -0.05) is 6.08 Å². The molecule has 1 amide bonds. The van der Waals surface area contributed by atoms with Crippen LogP contribution in [0.15, 0.2) is 12.7 Å². The molecule has 0 aromatic rings. The van der Waals surface area contributed by atoms with Gasteiger partial charge in [0.25, 0.3) is 6.43 Å². The van der Waals surface area contributed by atoms with Crippen molar-refractivity contribution in [2.75, 3.05) is 6.61 Å². The minimum atomic E-state index is -5.69. The van der Waals surface area contributed by atoms with Crippen LogP contribution in [0.2, 0.25) is 0 Å². The predicted octanol–water partition coefficient (Wildman–Crippen LogP) is 4.22. The quantitative estimate of drug-likeness (QED) is 0.568. The summed E-state index contributed by atoms with van der Waals surface area (Å²) < 4.78 is 87.5. The number of halogens is 6. The molecule has 0 spiro atoms. The van der Waals surface area contributed by atoms with Crippen LogP contribution < -0.4 is 0 Å². The van der Waals surface area contributed by atoms with Crippen LogP contribution in [-0.2, 0) is 4.74 Å². The average molecular weight is 363 g/mol. The Labute approximate surface area is 135 Å². The van der Waals surface area contributed by atoms with E-state index in [0.29, 0.717) is 0 Å². The van der Waals surface area contributed by atoms with Crippen molar-refractivity contribution in [2.24, 2.45) is 5.41 Å². The molecule has 1 rings (SSSR count). The van der Waals surface area contributed by atoms with E-state index >= 15 is 0 Å². The second-order valence-corrected chi connectivity index (χ2v) is 5.99. The van der Waals surface area contributed by atoms with Crippen molar-refractivity contribution in [1.29, 1.82) is 0 Å². The number of allylic oxidation sites excluding steroid dienone is 1. The molecule has 1 fully saturated rings. The maximum Gasteiger partial charge on any atom is 0.409 e. The molecule has 0 saturated carbocycles. The van der Waals surface area contributed by atoms with Gasteiger partial charge in [0.2, 0.25) is 0 Å². The summed E-state index contributed by atoms with van der Waals surface area (Å²) in [7, 11) is 0. The van der Waals surface area contributed by atoms with Gasteiger partial charge in [-0.05, 0) is 26.7 Å². The zero-order valence-corrected chi connectivity index (χ0v) is 13.1. The third-order valence-electron chi connectivity index (χ3n) is 4.24. The second-order valence-electron chi connectivity index (χ2n) is 5.99. The van der Waals surface area contributed by atoms with Crippen molar-refractivity contribution in [3.63, 3.8) is 0 Å². The van der Waals surface area contributed by atoms with E-state index in [-0.39, 0.29) is 11.3 Å². The molecule has 0 aliphatic carbocycles. The topological polar surface area (TPSA) is 49.8 Å². The van der Waals surface area contributed by atoms with Gasteiger partial charge in [0.1, 0.15) is 11.9 Å². The van der Waals surface area contributed by atoms with E-state index in [0.717, 1.165) is 19.9 Å². The number of ether oxygens (including phenoxy) is 1. The normalized spacial score (nSPS) is 24.7. The first-order chi connectivity index (χ1) is 10.8. The lowest BCUT2D eigenvalue weighted by molar-refractivity contribution is -0.301. The van der Waals surface area contributed by atoms with Gasteiger partial charge in [-0.25, -0.2) is 18.0 Å². The monoisotopic (exact) mass is 363 g/mol. The fourth-order valence-electron chi connectivity index (χ4n) is 3.00. The van der Waals surface area contributed by atoms with Crippen LogP contribution in [0.3, 0.4) is 0 Å². The molecule has 0 bridgehead atoms. The Morgan fingerprint density at radius 1 is 1.42 bits per heavy atom. The summed E-state index contributed by atoms with van der Waals surface area (Å²) in [6, 6.07) is -2.41. The first-order valence-electron chi connectivity index (χ1n) is 7.10. The SMILES string of the molecule is C=CCCC(F)C(C(F)F)(C1COC(C)(C)N1C(=O)O)C(F)(F)F. The lowest BCUT2D eigenvalue weighted by Crippen LogP contribution is -2.65. The molecule has 140 valence electrons. The number of rotatable bonds is 6. The van der Waals surface area contributed by atoms with Gasteiger partial charge in [-0.2, -0.15) is 13.2 Å². The Hall–Kier alpha value is -1.45. The van der Waals surface area contributed by atoms with E-state index in [1.54, 1.807) is 0 Å². The summed E-state index contributed by atoms with van der Waals surface area (Å²) in [5.74, 6) is 0. The third kappa shape index (κ3) is 3.20. The Balaban J connectivity index is 3.52. The Bertz CT molecular complexity index is 482. The summed E-state index contributed by atoms with van der Waals surface area (Å²) in [5.41, 5.74) is -5.98. The number of nitrogens with zero attached hydrogens (tertiary/aromatic N) is 1. The van der Waals surface area contributed by atoms with Crippen molar-refractivity contribution in [3.8, 4) is 0 Å². The van der Waals surface area contributed by atoms with E-state index < -0.39 is 55.1 Å². The van der Waals surface area contributed by atoms with Crippen LogP contribution in [0.25, 0.3) is 0 Å². The Morgan fingerprint density at radius 2 is 1.96 bits per heavy atom. The first kappa shape index (κ1) is 20.6. The smallest absolute Gasteiger partial charge is 0.409 e. The van der Waals surface area contributed by atoms with E-state index in [4.69, 9.17) is 4.74 Å². The van der Waals surface area contributed by atoms with Gasteiger partial charge in [0.15, 0.2) is 5.41 Å². The molecule has 10 heteroatoms. The summed E-state index contributed by atoms with van der Waals surface area (Å²) in [5, 5.41) is 9.18. The van der Waals surface area contributed by atoms with Crippen molar-refractivity contribution in [1.82, 2.24) is 4.90 Å².